The van der Waals surface area contributed by atoms with Crippen LogP contribution in [0.2, 0.25) is 5.02 Å². The predicted octanol–water partition coefficient (Wildman–Crippen LogP) is 3.52. The average molecular weight is 268 g/mol. The van der Waals surface area contributed by atoms with Gasteiger partial charge in [0, 0.05) is 9.86 Å². The molecule has 1 aromatic heterocycles. The Morgan fingerprint density at radius 1 is 1.36 bits per heavy atom. The Labute approximate surface area is 94.3 Å². The van der Waals surface area contributed by atoms with E-state index in [1.54, 1.807) is 6.07 Å². The molecule has 0 N–H and O–H groups in total. The minimum absolute atomic E-state index is 0.338. The SMILES string of the molecule is N#Cc1cc(Cl)c2cc(Br)ccc2n1. The Bertz CT molecular complexity index is 546. The van der Waals surface area contributed by atoms with Crippen LogP contribution in [0, 0.1) is 11.3 Å². The molecule has 2 aromatic rings. The third-order valence-electron chi connectivity index (χ3n) is 1.83. The Balaban J connectivity index is 2.84. The van der Waals surface area contributed by atoms with Crippen LogP contribution in [-0.2, 0) is 0 Å². The quantitative estimate of drug-likeness (QED) is 0.732. The van der Waals surface area contributed by atoms with Crippen molar-refractivity contribution in [3.63, 3.8) is 0 Å². The van der Waals surface area contributed by atoms with Crippen LogP contribution in [0.15, 0.2) is 28.7 Å². The van der Waals surface area contributed by atoms with E-state index in [-0.39, 0.29) is 0 Å². The number of nitrogens with zero attached hydrogens (tertiary/aromatic N) is 2. The Kier molecular flexibility index (Phi) is 2.40. The number of rotatable bonds is 0. The van der Waals surface area contributed by atoms with Crippen molar-refractivity contribution in [2.45, 2.75) is 0 Å². The van der Waals surface area contributed by atoms with E-state index in [2.05, 4.69) is 20.9 Å². The van der Waals surface area contributed by atoms with E-state index in [1.165, 1.54) is 0 Å². The van der Waals surface area contributed by atoms with E-state index < -0.39 is 0 Å². The highest BCUT2D eigenvalue weighted by Crippen LogP contribution is 2.25. The van der Waals surface area contributed by atoms with Crippen LogP contribution in [0.3, 0.4) is 0 Å². The Morgan fingerprint density at radius 2 is 2.14 bits per heavy atom. The van der Waals surface area contributed by atoms with Gasteiger partial charge in [-0.3, -0.25) is 0 Å². The highest BCUT2D eigenvalue weighted by Gasteiger charge is 2.03. The van der Waals surface area contributed by atoms with Gasteiger partial charge in [0.15, 0.2) is 0 Å². The van der Waals surface area contributed by atoms with Crippen LogP contribution in [0.5, 0.6) is 0 Å². The topological polar surface area (TPSA) is 36.7 Å². The van der Waals surface area contributed by atoms with Gasteiger partial charge in [-0.25, -0.2) is 4.98 Å². The number of hydrogen-bond acceptors (Lipinski definition) is 2. The summed E-state index contributed by atoms with van der Waals surface area (Å²) in [5.74, 6) is 0. The Hall–Kier alpha value is -1.11. The summed E-state index contributed by atoms with van der Waals surface area (Å²) < 4.78 is 0.943. The van der Waals surface area contributed by atoms with Crippen molar-refractivity contribution in [2.24, 2.45) is 0 Å². The van der Waals surface area contributed by atoms with Crippen LogP contribution in [0.1, 0.15) is 5.69 Å². The average Bonchev–Trinajstić information content (AvgIpc) is 2.19. The zero-order valence-electron chi connectivity index (χ0n) is 6.96. The van der Waals surface area contributed by atoms with Gasteiger partial charge in [-0.05, 0) is 24.3 Å². The van der Waals surface area contributed by atoms with E-state index >= 15 is 0 Å². The minimum atomic E-state index is 0.338. The first kappa shape index (κ1) is 9.45. The largest absolute Gasteiger partial charge is 0.237 e. The number of benzene rings is 1. The first-order chi connectivity index (χ1) is 6.70. The fourth-order valence-corrected chi connectivity index (χ4v) is 1.83. The number of nitriles is 1. The summed E-state index contributed by atoms with van der Waals surface area (Å²) in [5, 5.41) is 10.1. The molecule has 1 aromatic carbocycles. The predicted molar refractivity (Wildman–Crippen MR) is 59.2 cm³/mol. The zero-order chi connectivity index (χ0) is 10.1. The molecule has 2 nitrogen and oxygen atoms in total. The molecule has 0 aliphatic heterocycles. The molecule has 0 unspecified atom stereocenters. The van der Waals surface area contributed by atoms with Crippen molar-refractivity contribution in [3.05, 3.63) is 39.5 Å². The smallest absolute Gasteiger partial charge is 0.142 e. The monoisotopic (exact) mass is 266 g/mol. The molecule has 68 valence electrons. The number of halogens is 2. The molecular formula is C10H4BrClN2. The Morgan fingerprint density at radius 3 is 2.86 bits per heavy atom. The third-order valence-corrected chi connectivity index (χ3v) is 2.64. The molecule has 0 fully saturated rings. The van der Waals surface area contributed by atoms with E-state index in [4.69, 9.17) is 16.9 Å². The summed E-state index contributed by atoms with van der Waals surface area (Å²) >= 11 is 9.35. The number of fused-ring (bicyclic) bond motifs is 1. The van der Waals surface area contributed by atoms with Crippen molar-refractivity contribution in [2.75, 3.05) is 0 Å². The van der Waals surface area contributed by atoms with Crippen LogP contribution in [-0.4, -0.2) is 4.98 Å². The number of aromatic nitrogens is 1. The number of hydrogen-bond donors (Lipinski definition) is 0. The molecule has 4 heteroatoms. The maximum Gasteiger partial charge on any atom is 0.142 e. The van der Waals surface area contributed by atoms with Crippen LogP contribution >= 0.6 is 27.5 Å². The molecule has 2 rings (SSSR count). The van der Waals surface area contributed by atoms with Gasteiger partial charge >= 0.3 is 0 Å². The van der Waals surface area contributed by atoms with Crippen LogP contribution < -0.4 is 0 Å². The van der Waals surface area contributed by atoms with Gasteiger partial charge in [0.05, 0.1) is 10.5 Å². The first-order valence-electron chi connectivity index (χ1n) is 3.86. The lowest BCUT2D eigenvalue weighted by atomic mass is 10.2. The van der Waals surface area contributed by atoms with Crippen molar-refractivity contribution in [3.8, 4) is 6.07 Å². The molecule has 0 aliphatic carbocycles. The van der Waals surface area contributed by atoms with Gasteiger partial charge < -0.3 is 0 Å². The fourth-order valence-electron chi connectivity index (χ4n) is 1.21. The highest BCUT2D eigenvalue weighted by molar-refractivity contribution is 9.10. The van der Waals surface area contributed by atoms with E-state index in [1.807, 2.05) is 24.3 Å². The molecule has 0 bridgehead atoms. The molecule has 0 saturated carbocycles. The van der Waals surface area contributed by atoms with E-state index in [0.29, 0.717) is 10.7 Å². The normalized spacial score (nSPS) is 10.1. The van der Waals surface area contributed by atoms with Crippen molar-refractivity contribution < 1.29 is 0 Å². The molecule has 0 radical (unpaired) electrons. The van der Waals surface area contributed by atoms with Crippen molar-refractivity contribution in [1.82, 2.24) is 4.98 Å². The van der Waals surface area contributed by atoms with Crippen LogP contribution in [0.4, 0.5) is 0 Å². The highest BCUT2D eigenvalue weighted by atomic mass is 79.9. The molecule has 1 heterocycles. The second-order valence-corrected chi connectivity index (χ2v) is 4.09. The summed E-state index contributed by atoms with van der Waals surface area (Å²) in [6.45, 7) is 0. The molecule has 0 aliphatic rings. The van der Waals surface area contributed by atoms with Gasteiger partial charge in [-0.1, -0.05) is 27.5 Å². The fraction of sp³-hybridized carbons (Fsp3) is 0. The number of pyridine rings is 1. The van der Waals surface area contributed by atoms with Gasteiger partial charge in [-0.15, -0.1) is 0 Å². The third kappa shape index (κ3) is 1.59. The van der Waals surface area contributed by atoms with Gasteiger partial charge in [0.2, 0.25) is 0 Å². The molecule has 0 atom stereocenters. The summed E-state index contributed by atoms with van der Waals surface area (Å²) in [7, 11) is 0. The zero-order valence-corrected chi connectivity index (χ0v) is 9.30. The van der Waals surface area contributed by atoms with Gasteiger partial charge in [-0.2, -0.15) is 5.26 Å². The standard InChI is InChI=1S/C10H4BrClN2/c11-6-1-2-10-8(3-6)9(12)4-7(5-13)14-10/h1-4H. The van der Waals surface area contributed by atoms with E-state index in [9.17, 15) is 0 Å². The first-order valence-corrected chi connectivity index (χ1v) is 5.04. The van der Waals surface area contributed by atoms with Gasteiger partial charge in [0.1, 0.15) is 11.8 Å². The van der Waals surface area contributed by atoms with E-state index in [0.717, 1.165) is 15.4 Å². The molecule has 0 spiro atoms. The van der Waals surface area contributed by atoms with Crippen LogP contribution in [0.25, 0.3) is 10.9 Å². The lowest BCUT2D eigenvalue weighted by molar-refractivity contribution is 1.32. The summed E-state index contributed by atoms with van der Waals surface area (Å²) in [4.78, 5) is 4.13. The summed E-state index contributed by atoms with van der Waals surface area (Å²) in [6.07, 6.45) is 0. The second kappa shape index (κ2) is 3.56. The molecule has 14 heavy (non-hydrogen) atoms. The second-order valence-electron chi connectivity index (χ2n) is 2.76. The van der Waals surface area contributed by atoms with Gasteiger partial charge in [0.25, 0.3) is 0 Å². The minimum Gasteiger partial charge on any atom is -0.237 e. The maximum absolute atomic E-state index is 8.70. The molecule has 0 saturated heterocycles. The summed E-state index contributed by atoms with van der Waals surface area (Å²) in [5.41, 5.74) is 1.07. The van der Waals surface area contributed by atoms with Crippen molar-refractivity contribution in [1.29, 1.82) is 5.26 Å². The summed E-state index contributed by atoms with van der Waals surface area (Å²) in [6, 6.07) is 9.11. The lowest BCUT2D eigenvalue weighted by Gasteiger charge is -2.00. The molecule has 0 amide bonds. The van der Waals surface area contributed by atoms with Crippen molar-refractivity contribution >= 4 is 38.4 Å². The maximum atomic E-state index is 8.70. The molecular weight excluding hydrogens is 263 g/mol. The lowest BCUT2D eigenvalue weighted by Crippen LogP contribution is -1.85.